The van der Waals surface area contributed by atoms with Gasteiger partial charge in [0.2, 0.25) is 0 Å². The SMILES string of the molecule is N#Cc1c(-c2cccc(Oc3ccccc3)c2)cc(-c2cccc(F)c2)nc1N. The van der Waals surface area contributed by atoms with Gasteiger partial charge in [-0.25, -0.2) is 9.37 Å². The van der Waals surface area contributed by atoms with Gasteiger partial charge in [-0.05, 0) is 48.0 Å². The van der Waals surface area contributed by atoms with Gasteiger partial charge in [0.15, 0.2) is 0 Å². The minimum Gasteiger partial charge on any atom is -0.457 e. The van der Waals surface area contributed by atoms with Crippen LogP contribution in [0.15, 0.2) is 84.9 Å². The maximum atomic E-state index is 13.7. The number of nitrogens with zero attached hydrogens (tertiary/aromatic N) is 2. The van der Waals surface area contributed by atoms with Crippen molar-refractivity contribution in [2.45, 2.75) is 0 Å². The average Bonchev–Trinajstić information content (AvgIpc) is 2.74. The summed E-state index contributed by atoms with van der Waals surface area (Å²) >= 11 is 0. The summed E-state index contributed by atoms with van der Waals surface area (Å²) in [5.74, 6) is 1.06. The number of nitrogens with two attached hydrogens (primary N) is 1. The Bertz CT molecular complexity index is 1220. The molecule has 0 aliphatic carbocycles. The number of anilines is 1. The number of rotatable bonds is 4. The summed E-state index contributed by atoms with van der Waals surface area (Å²) in [6.07, 6.45) is 0. The van der Waals surface area contributed by atoms with Crippen molar-refractivity contribution in [1.29, 1.82) is 5.26 Å². The lowest BCUT2D eigenvalue weighted by Crippen LogP contribution is -2.00. The van der Waals surface area contributed by atoms with E-state index in [-0.39, 0.29) is 17.2 Å². The van der Waals surface area contributed by atoms with E-state index in [1.807, 2.05) is 54.6 Å². The fraction of sp³-hybridized carbons (Fsp3) is 0. The molecule has 29 heavy (non-hydrogen) atoms. The topological polar surface area (TPSA) is 71.9 Å². The zero-order valence-electron chi connectivity index (χ0n) is 15.3. The minimum atomic E-state index is -0.368. The second kappa shape index (κ2) is 7.83. The van der Waals surface area contributed by atoms with E-state index in [2.05, 4.69) is 11.1 Å². The van der Waals surface area contributed by atoms with Crippen LogP contribution in [0.3, 0.4) is 0 Å². The monoisotopic (exact) mass is 381 g/mol. The molecule has 0 fully saturated rings. The zero-order valence-corrected chi connectivity index (χ0v) is 15.3. The normalized spacial score (nSPS) is 10.3. The van der Waals surface area contributed by atoms with E-state index in [1.165, 1.54) is 12.1 Å². The number of ether oxygens (including phenoxy) is 1. The first-order chi connectivity index (χ1) is 14.1. The maximum Gasteiger partial charge on any atom is 0.142 e. The summed E-state index contributed by atoms with van der Waals surface area (Å²) in [4.78, 5) is 4.29. The van der Waals surface area contributed by atoms with Crippen LogP contribution >= 0.6 is 0 Å². The lowest BCUT2D eigenvalue weighted by atomic mass is 9.98. The molecule has 2 N–H and O–H groups in total. The highest BCUT2D eigenvalue weighted by Crippen LogP contribution is 2.33. The van der Waals surface area contributed by atoms with Crippen LogP contribution in [0.4, 0.5) is 10.2 Å². The van der Waals surface area contributed by atoms with Crippen LogP contribution in [0.5, 0.6) is 11.5 Å². The Morgan fingerprint density at radius 3 is 2.31 bits per heavy atom. The van der Waals surface area contributed by atoms with E-state index in [4.69, 9.17) is 10.5 Å². The number of nitrogen functional groups attached to an aromatic ring is 1. The summed E-state index contributed by atoms with van der Waals surface area (Å²) in [5, 5.41) is 9.61. The molecule has 0 spiro atoms. The highest BCUT2D eigenvalue weighted by atomic mass is 19.1. The van der Waals surface area contributed by atoms with Crippen molar-refractivity contribution in [2.75, 3.05) is 5.73 Å². The predicted molar refractivity (Wildman–Crippen MR) is 111 cm³/mol. The minimum absolute atomic E-state index is 0.0960. The molecule has 140 valence electrons. The molecule has 4 nitrogen and oxygen atoms in total. The fourth-order valence-corrected chi connectivity index (χ4v) is 3.06. The third-order valence-corrected chi connectivity index (χ3v) is 4.40. The lowest BCUT2D eigenvalue weighted by molar-refractivity contribution is 0.483. The van der Waals surface area contributed by atoms with Crippen molar-refractivity contribution < 1.29 is 9.13 Å². The predicted octanol–water partition coefficient (Wildman–Crippen LogP) is 5.80. The van der Waals surface area contributed by atoms with Crippen molar-refractivity contribution in [3.63, 3.8) is 0 Å². The van der Waals surface area contributed by atoms with Crippen molar-refractivity contribution in [1.82, 2.24) is 4.98 Å². The van der Waals surface area contributed by atoms with Crippen LogP contribution < -0.4 is 10.5 Å². The van der Waals surface area contributed by atoms with Gasteiger partial charge in [0.05, 0.1) is 5.69 Å². The number of nitriles is 1. The van der Waals surface area contributed by atoms with Crippen molar-refractivity contribution in [2.24, 2.45) is 0 Å². The summed E-state index contributed by atoms with van der Waals surface area (Å²) < 4.78 is 19.5. The molecule has 4 rings (SSSR count). The molecule has 5 heteroatoms. The zero-order chi connectivity index (χ0) is 20.2. The van der Waals surface area contributed by atoms with E-state index >= 15 is 0 Å². The van der Waals surface area contributed by atoms with Gasteiger partial charge in [-0.3, -0.25) is 0 Å². The van der Waals surface area contributed by atoms with Gasteiger partial charge in [0.1, 0.15) is 34.8 Å². The number of aromatic nitrogens is 1. The van der Waals surface area contributed by atoms with Crippen LogP contribution in [-0.4, -0.2) is 4.98 Å². The Labute approximate surface area is 167 Å². The summed E-state index contributed by atoms with van der Waals surface area (Å²) in [7, 11) is 0. The Morgan fingerprint density at radius 1 is 0.828 bits per heavy atom. The number of hydrogen-bond donors (Lipinski definition) is 1. The Balaban J connectivity index is 1.80. The summed E-state index contributed by atoms with van der Waals surface area (Å²) in [5.41, 5.74) is 8.75. The van der Waals surface area contributed by atoms with Gasteiger partial charge in [-0.15, -0.1) is 0 Å². The lowest BCUT2D eigenvalue weighted by Gasteiger charge is -2.12. The second-order valence-electron chi connectivity index (χ2n) is 6.38. The smallest absolute Gasteiger partial charge is 0.142 e. The Morgan fingerprint density at radius 2 is 1.55 bits per heavy atom. The van der Waals surface area contributed by atoms with Crippen LogP contribution in [0, 0.1) is 17.1 Å². The third kappa shape index (κ3) is 3.92. The number of pyridine rings is 1. The van der Waals surface area contributed by atoms with Gasteiger partial charge in [0, 0.05) is 11.1 Å². The van der Waals surface area contributed by atoms with Crippen LogP contribution in [0.2, 0.25) is 0 Å². The van der Waals surface area contributed by atoms with Crippen molar-refractivity contribution in [3.8, 4) is 40.0 Å². The molecule has 0 saturated carbocycles. The van der Waals surface area contributed by atoms with Gasteiger partial charge >= 0.3 is 0 Å². The molecule has 3 aromatic carbocycles. The molecule has 4 aromatic rings. The molecule has 0 aliphatic heterocycles. The summed E-state index contributed by atoms with van der Waals surface area (Å²) in [6.45, 7) is 0. The van der Waals surface area contributed by atoms with Crippen molar-refractivity contribution in [3.05, 3.63) is 96.3 Å². The first-order valence-corrected chi connectivity index (χ1v) is 8.94. The molecule has 1 aromatic heterocycles. The molecule has 1 heterocycles. The standard InChI is InChI=1S/C24H16FN3O/c25-18-8-4-7-17(12-18)23-14-21(22(15-26)24(27)28-23)16-6-5-11-20(13-16)29-19-9-2-1-3-10-19/h1-14H,(H2,27,28). The second-order valence-corrected chi connectivity index (χ2v) is 6.38. The van der Waals surface area contributed by atoms with E-state index in [9.17, 15) is 9.65 Å². The highest BCUT2D eigenvalue weighted by Gasteiger charge is 2.14. The molecule has 0 atom stereocenters. The number of para-hydroxylation sites is 1. The molecular formula is C24H16FN3O. The van der Waals surface area contributed by atoms with Crippen molar-refractivity contribution >= 4 is 5.82 Å². The molecule has 0 unspecified atom stereocenters. The van der Waals surface area contributed by atoms with Gasteiger partial charge in [0.25, 0.3) is 0 Å². The summed E-state index contributed by atoms with van der Waals surface area (Å²) in [6, 6.07) is 26.7. The fourth-order valence-electron chi connectivity index (χ4n) is 3.06. The Kier molecular flexibility index (Phi) is 4.91. The Hall–Kier alpha value is -4.17. The largest absolute Gasteiger partial charge is 0.457 e. The first-order valence-electron chi connectivity index (χ1n) is 8.94. The average molecular weight is 381 g/mol. The van der Waals surface area contributed by atoms with E-state index in [0.29, 0.717) is 28.3 Å². The van der Waals surface area contributed by atoms with Gasteiger partial charge < -0.3 is 10.5 Å². The van der Waals surface area contributed by atoms with Crippen LogP contribution in [0.1, 0.15) is 5.56 Å². The maximum absolute atomic E-state index is 13.7. The highest BCUT2D eigenvalue weighted by molar-refractivity contribution is 5.80. The molecule has 0 bridgehead atoms. The van der Waals surface area contributed by atoms with Crippen LogP contribution in [0.25, 0.3) is 22.4 Å². The molecule has 0 saturated heterocycles. The first kappa shape index (κ1) is 18.2. The number of benzene rings is 3. The quantitative estimate of drug-likeness (QED) is 0.485. The number of halogens is 1. The van der Waals surface area contributed by atoms with Crippen LogP contribution in [-0.2, 0) is 0 Å². The third-order valence-electron chi connectivity index (χ3n) is 4.40. The van der Waals surface area contributed by atoms with Gasteiger partial charge in [-0.1, -0.05) is 42.5 Å². The van der Waals surface area contributed by atoms with Gasteiger partial charge in [-0.2, -0.15) is 5.26 Å². The van der Waals surface area contributed by atoms with E-state index < -0.39 is 0 Å². The van der Waals surface area contributed by atoms with E-state index in [1.54, 1.807) is 18.2 Å². The molecule has 0 amide bonds. The molecular weight excluding hydrogens is 365 g/mol. The van der Waals surface area contributed by atoms with E-state index in [0.717, 1.165) is 5.56 Å². The molecule has 0 radical (unpaired) electrons. The molecule has 0 aliphatic rings. The number of hydrogen-bond acceptors (Lipinski definition) is 4.